The van der Waals surface area contributed by atoms with E-state index in [0.717, 1.165) is 0 Å². The van der Waals surface area contributed by atoms with E-state index in [1.807, 2.05) is 0 Å². The van der Waals surface area contributed by atoms with Crippen molar-refractivity contribution < 1.29 is 34.1 Å². The van der Waals surface area contributed by atoms with Crippen molar-refractivity contribution in [1.29, 1.82) is 0 Å². The highest BCUT2D eigenvalue weighted by Gasteiger charge is 2.23. The van der Waals surface area contributed by atoms with E-state index in [2.05, 4.69) is 4.74 Å². The van der Waals surface area contributed by atoms with Crippen molar-refractivity contribution >= 4 is 23.9 Å². The molecule has 1 atom stereocenters. The molecule has 0 rings (SSSR count). The summed E-state index contributed by atoms with van der Waals surface area (Å²) in [7, 11) is 0. The minimum atomic E-state index is -1.92. The lowest BCUT2D eigenvalue weighted by Crippen LogP contribution is -2.35. The van der Waals surface area contributed by atoms with Gasteiger partial charge in [0.2, 0.25) is 0 Å². The number of ether oxygens (including phenoxy) is 1. The topological polar surface area (TPSA) is 144 Å². The van der Waals surface area contributed by atoms with Gasteiger partial charge in [-0.3, -0.25) is 4.79 Å². The van der Waals surface area contributed by atoms with Gasteiger partial charge in [0, 0.05) is 6.42 Å². The summed E-state index contributed by atoms with van der Waals surface area (Å²) >= 11 is 0. The van der Waals surface area contributed by atoms with Gasteiger partial charge in [0.25, 0.3) is 0 Å². The maximum atomic E-state index is 10.8. The molecule has 0 aliphatic rings. The second-order valence-electron chi connectivity index (χ2n) is 2.55. The summed E-state index contributed by atoms with van der Waals surface area (Å²) in [6.45, 7) is 0. The third-order valence-corrected chi connectivity index (χ3v) is 1.34. The largest absolute Gasteiger partial charge is 0.481 e. The van der Waals surface area contributed by atoms with Gasteiger partial charge in [0.1, 0.15) is 6.04 Å². The molecule has 0 amide bonds. The molecule has 0 aliphatic carbocycles. The molecule has 0 radical (unpaired) electrons. The van der Waals surface area contributed by atoms with Gasteiger partial charge >= 0.3 is 23.9 Å². The molecular formula is C7H9NO7. The molecule has 0 saturated heterocycles. The number of rotatable bonds is 4. The zero-order valence-electron chi connectivity index (χ0n) is 7.50. The van der Waals surface area contributed by atoms with E-state index in [-0.39, 0.29) is 12.8 Å². The molecule has 0 bridgehead atoms. The lowest BCUT2D eigenvalue weighted by atomic mass is 10.2. The van der Waals surface area contributed by atoms with E-state index in [9.17, 15) is 19.2 Å². The standard InChI is InChI=1S/C7H9NO7/c8-3(1-2-4(9)10)6(13)15-7(14)5(11)12/h3H,1-2,8H2,(H,9,10)(H,11,12)/t3-/m1/s1. The van der Waals surface area contributed by atoms with Crippen molar-refractivity contribution in [3.8, 4) is 0 Å². The Bertz CT molecular complexity index is 298. The zero-order chi connectivity index (χ0) is 12.0. The Morgan fingerprint density at radius 1 is 1.20 bits per heavy atom. The fourth-order valence-corrected chi connectivity index (χ4v) is 0.608. The quantitative estimate of drug-likeness (QED) is 0.289. The molecular weight excluding hydrogens is 210 g/mol. The molecule has 0 aromatic carbocycles. The highest BCUT2D eigenvalue weighted by molar-refractivity contribution is 6.30. The first-order chi connectivity index (χ1) is 6.84. The molecule has 84 valence electrons. The Hall–Kier alpha value is -1.96. The predicted octanol–water partition coefficient (Wildman–Crippen LogP) is -1.67. The van der Waals surface area contributed by atoms with Crippen molar-refractivity contribution in [2.45, 2.75) is 18.9 Å². The van der Waals surface area contributed by atoms with Crippen LogP contribution in [0.5, 0.6) is 0 Å². The fraction of sp³-hybridized carbons (Fsp3) is 0.429. The number of carboxylic acid groups (broad SMARTS) is 2. The molecule has 4 N–H and O–H groups in total. The predicted molar refractivity (Wildman–Crippen MR) is 43.6 cm³/mol. The average molecular weight is 219 g/mol. The molecule has 0 unspecified atom stereocenters. The summed E-state index contributed by atoms with van der Waals surface area (Å²) in [6.07, 6.45) is -0.613. The minimum absolute atomic E-state index is 0.235. The van der Waals surface area contributed by atoms with Crippen LogP contribution in [-0.4, -0.2) is 40.1 Å². The van der Waals surface area contributed by atoms with Gasteiger partial charge in [-0.1, -0.05) is 0 Å². The SMILES string of the molecule is N[C@H](CCC(=O)O)C(=O)OC(=O)C(=O)O. The highest BCUT2D eigenvalue weighted by Crippen LogP contribution is 1.97. The lowest BCUT2D eigenvalue weighted by Gasteiger charge is -2.06. The normalized spacial score (nSPS) is 11.5. The van der Waals surface area contributed by atoms with Crippen LogP contribution in [0.4, 0.5) is 0 Å². The lowest BCUT2D eigenvalue weighted by molar-refractivity contribution is -0.171. The molecule has 0 aliphatic heterocycles. The van der Waals surface area contributed by atoms with Gasteiger partial charge in [0.15, 0.2) is 0 Å². The zero-order valence-corrected chi connectivity index (χ0v) is 7.50. The third-order valence-electron chi connectivity index (χ3n) is 1.34. The fourth-order valence-electron chi connectivity index (χ4n) is 0.608. The molecule has 0 heterocycles. The van der Waals surface area contributed by atoms with Crippen LogP contribution in [0.3, 0.4) is 0 Å². The highest BCUT2D eigenvalue weighted by atomic mass is 16.6. The van der Waals surface area contributed by atoms with Crippen LogP contribution < -0.4 is 5.73 Å². The third kappa shape index (κ3) is 5.37. The number of carbonyl (C=O) groups is 4. The van der Waals surface area contributed by atoms with Gasteiger partial charge in [0.05, 0.1) is 0 Å². The molecule has 0 aromatic heterocycles. The Kier molecular flexibility index (Phi) is 4.96. The first kappa shape index (κ1) is 13.0. The second kappa shape index (κ2) is 5.70. The van der Waals surface area contributed by atoms with Gasteiger partial charge < -0.3 is 20.7 Å². The molecule has 0 aromatic rings. The summed E-state index contributed by atoms with van der Waals surface area (Å²) in [5.74, 6) is -6.09. The van der Waals surface area contributed by atoms with Gasteiger partial charge in [-0.05, 0) is 6.42 Å². The molecule has 8 heteroatoms. The molecule has 0 saturated carbocycles. The van der Waals surface area contributed by atoms with Crippen molar-refractivity contribution in [3.63, 3.8) is 0 Å². The summed E-state index contributed by atoms with van der Waals surface area (Å²) in [5.41, 5.74) is 5.13. The van der Waals surface area contributed by atoms with Crippen LogP contribution in [0.2, 0.25) is 0 Å². The number of aliphatic carboxylic acids is 2. The smallest absolute Gasteiger partial charge is 0.424 e. The summed E-state index contributed by atoms with van der Waals surface area (Å²) < 4.78 is 3.81. The minimum Gasteiger partial charge on any atom is -0.481 e. The van der Waals surface area contributed by atoms with E-state index in [1.165, 1.54) is 0 Å². The van der Waals surface area contributed by atoms with Crippen molar-refractivity contribution in [2.24, 2.45) is 5.73 Å². The monoisotopic (exact) mass is 219 g/mol. The van der Waals surface area contributed by atoms with Gasteiger partial charge in [-0.15, -0.1) is 0 Å². The number of esters is 2. The number of hydrogen-bond acceptors (Lipinski definition) is 6. The Labute approximate surface area is 83.6 Å². The van der Waals surface area contributed by atoms with Crippen LogP contribution in [-0.2, 0) is 23.9 Å². The van der Waals surface area contributed by atoms with Gasteiger partial charge in [-0.2, -0.15) is 0 Å². The maximum absolute atomic E-state index is 10.8. The Balaban J connectivity index is 4.04. The number of hydrogen-bond donors (Lipinski definition) is 3. The van der Waals surface area contributed by atoms with Crippen LogP contribution in [0.1, 0.15) is 12.8 Å². The summed E-state index contributed by atoms with van der Waals surface area (Å²) in [5, 5.41) is 16.3. The molecule has 0 fully saturated rings. The molecule has 15 heavy (non-hydrogen) atoms. The molecule has 0 spiro atoms. The molecule has 8 nitrogen and oxygen atoms in total. The van der Waals surface area contributed by atoms with E-state index < -0.39 is 29.9 Å². The summed E-state index contributed by atoms with van der Waals surface area (Å²) in [4.78, 5) is 41.3. The van der Waals surface area contributed by atoms with Crippen molar-refractivity contribution in [1.82, 2.24) is 0 Å². The van der Waals surface area contributed by atoms with E-state index in [4.69, 9.17) is 15.9 Å². The van der Waals surface area contributed by atoms with E-state index in [0.29, 0.717) is 0 Å². The number of carboxylic acids is 2. The first-order valence-corrected chi connectivity index (χ1v) is 3.81. The van der Waals surface area contributed by atoms with Gasteiger partial charge in [-0.25, -0.2) is 14.4 Å². The average Bonchev–Trinajstić information content (AvgIpc) is 2.13. The number of nitrogens with two attached hydrogens (primary N) is 1. The van der Waals surface area contributed by atoms with Crippen LogP contribution >= 0.6 is 0 Å². The second-order valence-corrected chi connectivity index (χ2v) is 2.55. The Morgan fingerprint density at radius 3 is 2.13 bits per heavy atom. The van der Waals surface area contributed by atoms with Crippen LogP contribution in [0, 0.1) is 0 Å². The van der Waals surface area contributed by atoms with Crippen LogP contribution in [0.15, 0.2) is 0 Å². The van der Waals surface area contributed by atoms with E-state index in [1.54, 1.807) is 0 Å². The first-order valence-electron chi connectivity index (χ1n) is 3.81. The van der Waals surface area contributed by atoms with E-state index >= 15 is 0 Å². The Morgan fingerprint density at radius 2 is 1.73 bits per heavy atom. The van der Waals surface area contributed by atoms with Crippen molar-refractivity contribution in [3.05, 3.63) is 0 Å². The maximum Gasteiger partial charge on any atom is 0.424 e. The van der Waals surface area contributed by atoms with Crippen LogP contribution in [0.25, 0.3) is 0 Å². The number of carbonyl (C=O) groups excluding carboxylic acids is 2. The summed E-state index contributed by atoms with van der Waals surface area (Å²) in [6, 6.07) is -1.33. The van der Waals surface area contributed by atoms with Crippen molar-refractivity contribution in [2.75, 3.05) is 0 Å².